The molecule has 0 saturated carbocycles. The van der Waals surface area contributed by atoms with Crippen LogP contribution in [0.1, 0.15) is 18.4 Å². The minimum atomic E-state index is 0.485. The fraction of sp³-hybridized carbons (Fsp3) is 0.667. The molecule has 5 nitrogen and oxygen atoms in total. The zero-order chi connectivity index (χ0) is 15.5. The second kappa shape index (κ2) is 10.6. The van der Waals surface area contributed by atoms with E-state index in [1.165, 1.54) is 5.56 Å². The van der Waals surface area contributed by atoms with E-state index in [0.29, 0.717) is 5.92 Å². The Labute approximate surface area is 132 Å². The minimum Gasteiger partial charge on any atom is -0.383 e. The summed E-state index contributed by atoms with van der Waals surface area (Å²) < 4.78 is 5.06. The van der Waals surface area contributed by atoms with Crippen molar-refractivity contribution in [2.45, 2.75) is 12.8 Å². The van der Waals surface area contributed by atoms with Gasteiger partial charge in [-0.3, -0.25) is 4.99 Å². The van der Waals surface area contributed by atoms with Gasteiger partial charge >= 0.3 is 0 Å². The summed E-state index contributed by atoms with van der Waals surface area (Å²) in [7, 11) is 5.63. The minimum absolute atomic E-state index is 0.485. The molecule has 0 aromatic carbocycles. The van der Waals surface area contributed by atoms with Crippen molar-refractivity contribution in [2.75, 3.05) is 54.0 Å². The molecule has 1 heterocycles. The zero-order valence-corrected chi connectivity index (χ0v) is 14.4. The fourth-order valence-electron chi connectivity index (χ4n) is 1.87. The molecule has 1 unspecified atom stereocenters. The van der Waals surface area contributed by atoms with Crippen molar-refractivity contribution in [3.05, 3.63) is 22.4 Å². The Kier molecular flexibility index (Phi) is 9.05. The quantitative estimate of drug-likeness (QED) is 0.537. The highest BCUT2D eigenvalue weighted by molar-refractivity contribution is 7.07. The van der Waals surface area contributed by atoms with Gasteiger partial charge in [-0.2, -0.15) is 11.3 Å². The number of nitrogens with one attached hydrogen (secondary N) is 2. The maximum atomic E-state index is 5.06. The lowest BCUT2D eigenvalue weighted by Gasteiger charge is -2.19. The number of thiophene rings is 1. The Morgan fingerprint density at radius 2 is 2.24 bits per heavy atom. The van der Waals surface area contributed by atoms with Gasteiger partial charge in [-0.25, -0.2) is 0 Å². The summed E-state index contributed by atoms with van der Waals surface area (Å²) in [6, 6.07) is 2.18. The number of aliphatic imine (C=N–C) groups is 1. The predicted octanol–water partition coefficient (Wildman–Crippen LogP) is 1.59. The average Bonchev–Trinajstić information content (AvgIpc) is 3.02. The van der Waals surface area contributed by atoms with Crippen LogP contribution in [0.25, 0.3) is 0 Å². The van der Waals surface area contributed by atoms with Crippen LogP contribution in [0.2, 0.25) is 0 Å². The van der Waals surface area contributed by atoms with Gasteiger partial charge in [0.25, 0.3) is 0 Å². The first-order valence-corrected chi connectivity index (χ1v) is 8.25. The van der Waals surface area contributed by atoms with Crippen molar-refractivity contribution in [1.82, 2.24) is 15.5 Å². The van der Waals surface area contributed by atoms with Crippen LogP contribution in [0.15, 0.2) is 21.8 Å². The van der Waals surface area contributed by atoms with Crippen LogP contribution in [0, 0.1) is 0 Å². The summed E-state index contributed by atoms with van der Waals surface area (Å²) in [5.74, 6) is 1.34. The van der Waals surface area contributed by atoms with Crippen LogP contribution in [0.3, 0.4) is 0 Å². The number of guanidine groups is 1. The summed E-state index contributed by atoms with van der Waals surface area (Å²) in [5, 5.41) is 11.0. The average molecular weight is 312 g/mol. The van der Waals surface area contributed by atoms with Gasteiger partial charge in [0.2, 0.25) is 0 Å². The Morgan fingerprint density at radius 1 is 1.43 bits per heavy atom. The van der Waals surface area contributed by atoms with Crippen molar-refractivity contribution in [2.24, 2.45) is 4.99 Å². The highest BCUT2D eigenvalue weighted by Gasteiger charge is 2.07. The molecule has 0 aliphatic carbocycles. The Hall–Kier alpha value is -1.11. The van der Waals surface area contributed by atoms with Crippen LogP contribution in [0.4, 0.5) is 0 Å². The molecule has 0 aliphatic rings. The first-order valence-electron chi connectivity index (χ1n) is 7.31. The van der Waals surface area contributed by atoms with E-state index in [4.69, 9.17) is 4.74 Å². The van der Waals surface area contributed by atoms with Crippen LogP contribution in [0.5, 0.6) is 0 Å². The topological polar surface area (TPSA) is 48.9 Å². The molecular formula is C15H28N4OS. The Bertz CT molecular complexity index is 394. The van der Waals surface area contributed by atoms with E-state index in [1.54, 1.807) is 25.5 Å². The van der Waals surface area contributed by atoms with Gasteiger partial charge in [0.1, 0.15) is 0 Å². The number of ether oxygens (including phenoxy) is 1. The van der Waals surface area contributed by atoms with E-state index in [-0.39, 0.29) is 0 Å². The monoisotopic (exact) mass is 312 g/mol. The largest absolute Gasteiger partial charge is 0.383 e. The lowest BCUT2D eigenvalue weighted by Crippen LogP contribution is -2.42. The van der Waals surface area contributed by atoms with Crippen LogP contribution in [-0.4, -0.2) is 64.9 Å². The summed E-state index contributed by atoms with van der Waals surface area (Å²) in [5.41, 5.74) is 1.38. The lowest BCUT2D eigenvalue weighted by atomic mass is 10.1. The van der Waals surface area contributed by atoms with Crippen molar-refractivity contribution < 1.29 is 4.74 Å². The summed E-state index contributed by atoms with van der Waals surface area (Å²) in [6.45, 7) is 6.65. The Balaban J connectivity index is 2.20. The summed E-state index contributed by atoms with van der Waals surface area (Å²) >= 11 is 1.74. The molecule has 120 valence electrons. The standard InChI is InChI=1S/C15H28N4OS/c1-13(14-5-10-21-12-14)11-18-15(16-2)17-6-7-19(3)8-9-20-4/h5,10,12-13H,6-9,11H2,1-4H3,(H2,16,17,18). The van der Waals surface area contributed by atoms with Crippen molar-refractivity contribution >= 4 is 17.3 Å². The van der Waals surface area contributed by atoms with E-state index >= 15 is 0 Å². The first kappa shape index (κ1) is 17.9. The molecule has 6 heteroatoms. The maximum absolute atomic E-state index is 5.06. The second-order valence-electron chi connectivity index (χ2n) is 5.13. The third-order valence-electron chi connectivity index (χ3n) is 3.37. The molecule has 0 bridgehead atoms. The first-order chi connectivity index (χ1) is 10.2. The van der Waals surface area contributed by atoms with E-state index in [9.17, 15) is 0 Å². The number of nitrogens with zero attached hydrogens (tertiary/aromatic N) is 2. The van der Waals surface area contributed by atoms with Crippen molar-refractivity contribution in [3.8, 4) is 0 Å². The summed E-state index contributed by atoms with van der Waals surface area (Å²) in [4.78, 5) is 6.49. The van der Waals surface area contributed by atoms with Gasteiger partial charge in [0.05, 0.1) is 6.61 Å². The number of methoxy groups -OCH3 is 1. The van der Waals surface area contributed by atoms with E-state index in [0.717, 1.165) is 38.7 Å². The second-order valence-corrected chi connectivity index (χ2v) is 5.91. The van der Waals surface area contributed by atoms with E-state index in [1.807, 2.05) is 0 Å². The highest BCUT2D eigenvalue weighted by atomic mass is 32.1. The van der Waals surface area contributed by atoms with Crippen LogP contribution in [-0.2, 0) is 4.74 Å². The number of hydrogen-bond acceptors (Lipinski definition) is 4. The van der Waals surface area contributed by atoms with Gasteiger partial charge in [-0.05, 0) is 35.4 Å². The molecule has 0 fully saturated rings. The molecule has 0 aliphatic heterocycles. The molecule has 0 saturated heterocycles. The Morgan fingerprint density at radius 3 is 2.86 bits per heavy atom. The van der Waals surface area contributed by atoms with E-state index < -0.39 is 0 Å². The molecule has 0 radical (unpaired) electrons. The number of hydrogen-bond donors (Lipinski definition) is 2. The molecule has 0 amide bonds. The number of likely N-dealkylation sites (N-methyl/N-ethyl adjacent to an activating group) is 1. The number of rotatable bonds is 9. The van der Waals surface area contributed by atoms with Crippen LogP contribution >= 0.6 is 11.3 Å². The van der Waals surface area contributed by atoms with Gasteiger partial charge in [-0.15, -0.1) is 0 Å². The summed E-state index contributed by atoms with van der Waals surface area (Å²) in [6.07, 6.45) is 0. The highest BCUT2D eigenvalue weighted by Crippen LogP contribution is 2.16. The predicted molar refractivity (Wildman–Crippen MR) is 91.5 cm³/mol. The molecule has 0 spiro atoms. The smallest absolute Gasteiger partial charge is 0.191 e. The molecule has 21 heavy (non-hydrogen) atoms. The molecule has 1 aromatic heterocycles. The zero-order valence-electron chi connectivity index (χ0n) is 13.6. The normalized spacial score (nSPS) is 13.5. The molecule has 2 N–H and O–H groups in total. The molecule has 1 aromatic rings. The third kappa shape index (κ3) is 7.45. The van der Waals surface area contributed by atoms with Crippen LogP contribution < -0.4 is 10.6 Å². The lowest BCUT2D eigenvalue weighted by molar-refractivity contribution is 0.162. The van der Waals surface area contributed by atoms with Crippen molar-refractivity contribution in [3.63, 3.8) is 0 Å². The van der Waals surface area contributed by atoms with E-state index in [2.05, 4.69) is 51.3 Å². The van der Waals surface area contributed by atoms with Gasteiger partial charge in [0, 0.05) is 40.3 Å². The van der Waals surface area contributed by atoms with Crippen molar-refractivity contribution in [1.29, 1.82) is 0 Å². The van der Waals surface area contributed by atoms with Gasteiger partial charge in [0.15, 0.2) is 5.96 Å². The fourth-order valence-corrected chi connectivity index (χ4v) is 2.65. The van der Waals surface area contributed by atoms with Gasteiger partial charge < -0.3 is 20.3 Å². The molecule has 1 rings (SSSR count). The maximum Gasteiger partial charge on any atom is 0.191 e. The molecular weight excluding hydrogens is 284 g/mol. The third-order valence-corrected chi connectivity index (χ3v) is 4.08. The SMILES string of the molecule is CN=C(NCCN(C)CCOC)NCC(C)c1ccsc1. The van der Waals surface area contributed by atoms with Gasteiger partial charge in [-0.1, -0.05) is 6.92 Å². The molecule has 1 atom stereocenters.